The molecule has 162 valence electrons. The number of ether oxygens (including phenoxy) is 2. The van der Waals surface area contributed by atoms with Crippen molar-refractivity contribution in [3.63, 3.8) is 0 Å². The second-order valence-electron chi connectivity index (χ2n) is 6.54. The van der Waals surface area contributed by atoms with Crippen LogP contribution in [0.15, 0.2) is 65.6 Å². The van der Waals surface area contributed by atoms with Gasteiger partial charge in [0.05, 0.1) is 27.9 Å². The molecule has 1 atom stereocenters. The van der Waals surface area contributed by atoms with E-state index in [1.807, 2.05) is 6.07 Å². The molecule has 0 saturated carbocycles. The van der Waals surface area contributed by atoms with Crippen molar-refractivity contribution >= 4 is 23.1 Å². The SMILES string of the molecule is CCOC(=O)C1=C(c2cccc([N+](=O)[O-])c2)OC(N)=C(C#N)C1c1ccc([N+](=O)[O-])cc1. The maximum Gasteiger partial charge on any atom is 0.338 e. The molecule has 11 heteroatoms. The Kier molecular flexibility index (Phi) is 6.16. The summed E-state index contributed by atoms with van der Waals surface area (Å²) in [4.78, 5) is 34.0. The predicted octanol–water partition coefficient (Wildman–Crippen LogP) is 3.29. The first kappa shape index (κ1) is 22.0. The van der Waals surface area contributed by atoms with E-state index in [4.69, 9.17) is 15.2 Å². The second-order valence-corrected chi connectivity index (χ2v) is 6.54. The number of nitro groups is 2. The molecule has 0 aliphatic carbocycles. The third-order valence-electron chi connectivity index (χ3n) is 4.67. The lowest BCUT2D eigenvalue weighted by atomic mass is 9.82. The number of carbonyl (C=O) groups excluding carboxylic acids is 1. The Balaban J connectivity index is 2.28. The molecular formula is C21H16N4O7. The molecule has 0 radical (unpaired) electrons. The van der Waals surface area contributed by atoms with Crippen LogP contribution >= 0.6 is 0 Å². The molecule has 0 fully saturated rings. The van der Waals surface area contributed by atoms with Crippen molar-refractivity contribution in [1.29, 1.82) is 5.26 Å². The molecule has 0 spiro atoms. The number of rotatable bonds is 6. The monoisotopic (exact) mass is 436 g/mol. The van der Waals surface area contributed by atoms with Gasteiger partial charge in [-0.1, -0.05) is 24.3 Å². The summed E-state index contributed by atoms with van der Waals surface area (Å²) in [6.45, 7) is 1.60. The van der Waals surface area contributed by atoms with Crippen LogP contribution in [0.4, 0.5) is 11.4 Å². The van der Waals surface area contributed by atoms with Crippen LogP contribution in [0.5, 0.6) is 0 Å². The Morgan fingerprint density at radius 1 is 1.16 bits per heavy atom. The molecule has 3 rings (SSSR count). The summed E-state index contributed by atoms with van der Waals surface area (Å²) < 4.78 is 10.7. The topological polar surface area (TPSA) is 172 Å². The van der Waals surface area contributed by atoms with E-state index in [0.717, 1.165) is 0 Å². The molecule has 1 heterocycles. The van der Waals surface area contributed by atoms with Crippen molar-refractivity contribution in [2.75, 3.05) is 6.61 Å². The average Bonchev–Trinajstić information content (AvgIpc) is 2.78. The molecule has 2 aromatic rings. The van der Waals surface area contributed by atoms with Gasteiger partial charge in [0.25, 0.3) is 11.4 Å². The Bertz CT molecular complexity index is 1210. The fraction of sp³-hybridized carbons (Fsp3) is 0.143. The van der Waals surface area contributed by atoms with Gasteiger partial charge in [-0.05, 0) is 12.5 Å². The number of esters is 1. The highest BCUT2D eigenvalue weighted by Crippen LogP contribution is 2.43. The van der Waals surface area contributed by atoms with E-state index in [-0.39, 0.29) is 46.3 Å². The number of nitro benzene ring substituents is 2. The minimum atomic E-state index is -1.07. The lowest BCUT2D eigenvalue weighted by Gasteiger charge is -2.28. The van der Waals surface area contributed by atoms with Crippen LogP contribution in [-0.4, -0.2) is 22.4 Å². The van der Waals surface area contributed by atoms with Crippen LogP contribution in [0.25, 0.3) is 5.76 Å². The summed E-state index contributed by atoms with van der Waals surface area (Å²) in [5.41, 5.74) is 5.85. The molecule has 1 unspecified atom stereocenters. The number of nitrogens with zero attached hydrogens (tertiary/aromatic N) is 3. The van der Waals surface area contributed by atoms with Gasteiger partial charge in [-0.3, -0.25) is 20.2 Å². The summed E-state index contributed by atoms with van der Waals surface area (Å²) in [5, 5.41) is 31.9. The number of nitrogens with two attached hydrogens (primary N) is 1. The fourth-order valence-corrected chi connectivity index (χ4v) is 3.27. The quantitative estimate of drug-likeness (QED) is 0.405. The normalized spacial score (nSPS) is 15.6. The third-order valence-corrected chi connectivity index (χ3v) is 4.67. The summed E-state index contributed by atoms with van der Waals surface area (Å²) in [6, 6.07) is 12.5. The van der Waals surface area contributed by atoms with Crippen LogP contribution in [0.1, 0.15) is 24.0 Å². The minimum absolute atomic E-state index is 0.0125. The first-order chi connectivity index (χ1) is 15.3. The molecule has 0 bridgehead atoms. The summed E-state index contributed by atoms with van der Waals surface area (Å²) in [7, 11) is 0. The molecule has 0 saturated heterocycles. The van der Waals surface area contributed by atoms with Crippen molar-refractivity contribution in [1.82, 2.24) is 0 Å². The molecule has 11 nitrogen and oxygen atoms in total. The smallest absolute Gasteiger partial charge is 0.338 e. The number of allylic oxidation sites excluding steroid dienone is 1. The Morgan fingerprint density at radius 3 is 2.38 bits per heavy atom. The highest BCUT2D eigenvalue weighted by molar-refractivity contribution is 6.00. The van der Waals surface area contributed by atoms with Crippen LogP contribution in [0.2, 0.25) is 0 Å². The van der Waals surface area contributed by atoms with Gasteiger partial charge in [-0.15, -0.1) is 0 Å². The highest BCUT2D eigenvalue weighted by Gasteiger charge is 2.38. The zero-order valence-electron chi connectivity index (χ0n) is 16.7. The standard InChI is InChI=1S/C21H16N4O7/c1-2-31-21(26)18-17(12-6-8-14(9-7-12)24(27)28)16(11-22)20(23)32-19(18)13-4-3-5-15(10-13)25(29)30/h3-10,17H,2,23H2,1H3. The fourth-order valence-electron chi connectivity index (χ4n) is 3.27. The summed E-state index contributed by atoms with van der Waals surface area (Å²) in [5.74, 6) is -2.29. The zero-order chi connectivity index (χ0) is 23.4. The first-order valence-corrected chi connectivity index (χ1v) is 9.26. The van der Waals surface area contributed by atoms with Crippen molar-refractivity contribution < 1.29 is 24.1 Å². The summed E-state index contributed by atoms with van der Waals surface area (Å²) in [6.07, 6.45) is 0. The van der Waals surface area contributed by atoms with Gasteiger partial charge < -0.3 is 15.2 Å². The van der Waals surface area contributed by atoms with Gasteiger partial charge in [0.1, 0.15) is 17.4 Å². The lowest BCUT2D eigenvalue weighted by molar-refractivity contribution is -0.385. The van der Waals surface area contributed by atoms with E-state index in [1.54, 1.807) is 6.92 Å². The maximum absolute atomic E-state index is 13.0. The maximum atomic E-state index is 13.0. The summed E-state index contributed by atoms with van der Waals surface area (Å²) >= 11 is 0. The lowest BCUT2D eigenvalue weighted by Crippen LogP contribution is -2.26. The van der Waals surface area contributed by atoms with E-state index >= 15 is 0 Å². The Morgan fingerprint density at radius 2 is 1.81 bits per heavy atom. The van der Waals surface area contributed by atoms with Gasteiger partial charge in [-0.2, -0.15) is 5.26 Å². The van der Waals surface area contributed by atoms with Crippen LogP contribution in [0, 0.1) is 31.6 Å². The van der Waals surface area contributed by atoms with Crippen molar-refractivity contribution in [3.8, 4) is 6.07 Å². The van der Waals surface area contributed by atoms with Gasteiger partial charge in [0, 0.05) is 29.8 Å². The van der Waals surface area contributed by atoms with Crippen molar-refractivity contribution in [3.05, 3.63) is 96.9 Å². The average molecular weight is 436 g/mol. The van der Waals surface area contributed by atoms with E-state index in [2.05, 4.69) is 0 Å². The van der Waals surface area contributed by atoms with Crippen LogP contribution in [0.3, 0.4) is 0 Å². The van der Waals surface area contributed by atoms with Crippen molar-refractivity contribution in [2.24, 2.45) is 5.73 Å². The number of benzene rings is 2. The Labute approximate surface area is 181 Å². The number of hydrogen-bond acceptors (Lipinski definition) is 9. The van der Waals surface area contributed by atoms with Gasteiger partial charge in [0.15, 0.2) is 0 Å². The van der Waals surface area contributed by atoms with E-state index in [0.29, 0.717) is 5.56 Å². The number of nitriles is 1. The predicted molar refractivity (Wildman–Crippen MR) is 110 cm³/mol. The molecular weight excluding hydrogens is 420 g/mol. The highest BCUT2D eigenvalue weighted by atomic mass is 16.6. The zero-order valence-corrected chi connectivity index (χ0v) is 16.7. The van der Waals surface area contributed by atoms with Crippen LogP contribution < -0.4 is 5.73 Å². The molecule has 2 N–H and O–H groups in total. The van der Waals surface area contributed by atoms with Crippen molar-refractivity contribution in [2.45, 2.75) is 12.8 Å². The number of carbonyl (C=O) groups is 1. The van der Waals surface area contributed by atoms with E-state index in [9.17, 15) is 30.3 Å². The molecule has 1 aliphatic rings. The van der Waals surface area contributed by atoms with Gasteiger partial charge in [0.2, 0.25) is 5.88 Å². The number of non-ortho nitro benzene ring substituents is 2. The molecule has 1 aliphatic heterocycles. The first-order valence-electron chi connectivity index (χ1n) is 9.26. The Hall–Kier alpha value is -4.72. The number of hydrogen-bond donors (Lipinski definition) is 1. The van der Waals surface area contributed by atoms with Crippen LogP contribution in [-0.2, 0) is 14.3 Å². The largest absolute Gasteiger partial charge is 0.463 e. The molecule has 32 heavy (non-hydrogen) atoms. The second kappa shape index (κ2) is 8.97. The van der Waals surface area contributed by atoms with Gasteiger partial charge >= 0.3 is 5.97 Å². The molecule has 0 aromatic heterocycles. The minimum Gasteiger partial charge on any atom is -0.463 e. The van der Waals surface area contributed by atoms with E-state index < -0.39 is 21.7 Å². The van der Waals surface area contributed by atoms with Gasteiger partial charge in [-0.25, -0.2) is 4.79 Å². The third kappa shape index (κ3) is 4.10. The van der Waals surface area contributed by atoms with E-state index in [1.165, 1.54) is 48.5 Å². The molecule has 2 aromatic carbocycles. The molecule has 0 amide bonds.